The van der Waals surface area contributed by atoms with E-state index in [1.165, 1.54) is 0 Å². The van der Waals surface area contributed by atoms with Crippen LogP contribution in [0.1, 0.15) is 48.8 Å². The van der Waals surface area contributed by atoms with Crippen molar-refractivity contribution in [2.24, 2.45) is 5.92 Å². The number of alkyl halides is 10. The van der Waals surface area contributed by atoms with Crippen molar-refractivity contribution < 1.29 is 66.6 Å². The van der Waals surface area contributed by atoms with Crippen LogP contribution in [0.2, 0.25) is 0 Å². The Morgan fingerprint density at radius 2 is 1.52 bits per heavy atom. The third-order valence-corrected chi connectivity index (χ3v) is 10.9. The summed E-state index contributed by atoms with van der Waals surface area (Å²) >= 11 is 0. The molecule has 44 heavy (non-hydrogen) atoms. The van der Waals surface area contributed by atoms with E-state index >= 15 is 0 Å². The van der Waals surface area contributed by atoms with Gasteiger partial charge in [0.2, 0.25) is 5.91 Å². The summed E-state index contributed by atoms with van der Waals surface area (Å²) in [5.41, 5.74) is -8.24. The molecule has 0 radical (unpaired) electrons. The molecule has 0 heterocycles. The maximum Gasteiger partial charge on any atom is 0.435 e. The second-order valence-electron chi connectivity index (χ2n) is 10.8. The number of aliphatic hydroxyl groups excluding tert-OH is 1. The Morgan fingerprint density at radius 1 is 0.932 bits per heavy atom. The van der Waals surface area contributed by atoms with Crippen LogP contribution in [0.15, 0.2) is 47.4 Å². The number of fused-ring (bicyclic) bond motifs is 3. The molecule has 5 nitrogen and oxygen atoms in total. The predicted molar refractivity (Wildman–Crippen MR) is 131 cm³/mol. The van der Waals surface area contributed by atoms with E-state index in [1.807, 2.05) is 0 Å². The van der Waals surface area contributed by atoms with Crippen LogP contribution in [0.25, 0.3) is 0 Å². The number of halogens is 11. The first-order valence-corrected chi connectivity index (χ1v) is 14.6. The molecule has 0 spiro atoms. The standard InChI is InChI=1S/C27H24F11NO4S/c28-16-5-7-17(8-6-16)44(42,43)23-11-10-20(39-22(41)13-21(40)25(30,31)32)19(23)3-1-2-14-12-15(4-9-18(14)23)24(29,26(33,34)35)27(36,37)38/h4-9,12,19-21,40H,1-3,10-11,13H2,(H,39,41)/t19-,20+,21+,23+/m0/s1. The second-order valence-corrected chi connectivity index (χ2v) is 13.1. The zero-order valence-corrected chi connectivity index (χ0v) is 23.1. The normalized spacial score (nSPS) is 23.8. The van der Waals surface area contributed by atoms with Crippen molar-refractivity contribution in [1.82, 2.24) is 5.32 Å². The van der Waals surface area contributed by atoms with Crippen LogP contribution in [0.3, 0.4) is 0 Å². The van der Waals surface area contributed by atoms with E-state index in [0.29, 0.717) is 12.1 Å². The highest BCUT2D eigenvalue weighted by atomic mass is 32.2. The van der Waals surface area contributed by atoms with E-state index in [1.54, 1.807) is 0 Å². The molecule has 2 aliphatic rings. The number of amides is 1. The number of aliphatic hydroxyl groups is 1. The van der Waals surface area contributed by atoms with E-state index in [4.69, 9.17) is 0 Å². The lowest BCUT2D eigenvalue weighted by Crippen LogP contribution is -2.50. The molecule has 1 saturated carbocycles. The summed E-state index contributed by atoms with van der Waals surface area (Å²) < 4.78 is 175. The molecule has 2 aliphatic carbocycles. The van der Waals surface area contributed by atoms with E-state index < -0.39 is 91.9 Å². The van der Waals surface area contributed by atoms with Gasteiger partial charge in [0.15, 0.2) is 15.9 Å². The molecule has 2 aromatic carbocycles. The van der Waals surface area contributed by atoms with E-state index in [2.05, 4.69) is 5.32 Å². The van der Waals surface area contributed by atoms with Gasteiger partial charge in [0, 0.05) is 17.5 Å². The summed E-state index contributed by atoms with van der Waals surface area (Å²) in [5.74, 6) is -3.30. The lowest BCUT2D eigenvalue weighted by atomic mass is 9.82. The third-order valence-electron chi connectivity index (χ3n) is 8.32. The Hall–Kier alpha value is -2.95. The van der Waals surface area contributed by atoms with Gasteiger partial charge < -0.3 is 10.4 Å². The van der Waals surface area contributed by atoms with Crippen molar-refractivity contribution in [2.75, 3.05) is 0 Å². The maximum atomic E-state index is 15.0. The molecule has 1 fully saturated rings. The molecule has 2 aromatic rings. The van der Waals surface area contributed by atoms with E-state index in [0.717, 1.165) is 24.3 Å². The first-order chi connectivity index (χ1) is 20.1. The highest BCUT2D eigenvalue weighted by Crippen LogP contribution is 2.58. The highest BCUT2D eigenvalue weighted by Gasteiger charge is 2.73. The number of hydrogen-bond donors (Lipinski definition) is 2. The maximum absolute atomic E-state index is 15.0. The van der Waals surface area contributed by atoms with Crippen LogP contribution in [0.5, 0.6) is 0 Å². The average molecular weight is 668 g/mol. The Bertz CT molecular complexity index is 1490. The predicted octanol–water partition coefficient (Wildman–Crippen LogP) is 6.33. The molecule has 2 N–H and O–H groups in total. The van der Waals surface area contributed by atoms with Gasteiger partial charge in [-0.25, -0.2) is 17.2 Å². The Morgan fingerprint density at radius 3 is 2.07 bits per heavy atom. The lowest BCUT2D eigenvalue weighted by molar-refractivity contribution is -0.348. The van der Waals surface area contributed by atoms with Crippen molar-refractivity contribution in [3.63, 3.8) is 0 Å². The van der Waals surface area contributed by atoms with Crippen LogP contribution < -0.4 is 5.32 Å². The fourth-order valence-corrected chi connectivity index (χ4v) is 8.78. The zero-order chi connectivity index (χ0) is 33.1. The fraction of sp³-hybridized carbons (Fsp3) is 0.519. The molecular weight excluding hydrogens is 643 g/mol. The topological polar surface area (TPSA) is 83.5 Å². The number of aryl methyl sites for hydroxylation is 1. The molecule has 0 aliphatic heterocycles. The van der Waals surface area contributed by atoms with Gasteiger partial charge in [0.1, 0.15) is 10.6 Å². The van der Waals surface area contributed by atoms with Gasteiger partial charge in [-0.1, -0.05) is 18.2 Å². The summed E-state index contributed by atoms with van der Waals surface area (Å²) in [6.07, 6.45) is -23.6. The molecule has 4 rings (SSSR count). The molecule has 0 aromatic heterocycles. The van der Waals surface area contributed by atoms with Crippen molar-refractivity contribution in [1.29, 1.82) is 0 Å². The molecule has 4 atom stereocenters. The fourth-order valence-electron chi connectivity index (χ4n) is 6.31. The first-order valence-electron chi connectivity index (χ1n) is 13.1. The van der Waals surface area contributed by atoms with Gasteiger partial charge in [0.25, 0.3) is 0 Å². The monoisotopic (exact) mass is 667 g/mol. The number of benzene rings is 2. The van der Waals surface area contributed by atoms with Gasteiger partial charge in [-0.05, 0) is 67.5 Å². The lowest BCUT2D eigenvalue weighted by Gasteiger charge is -2.38. The summed E-state index contributed by atoms with van der Waals surface area (Å²) in [7, 11) is -4.72. The largest absolute Gasteiger partial charge is 0.435 e. The Labute approximate surface area is 243 Å². The first kappa shape index (κ1) is 33.9. The van der Waals surface area contributed by atoms with Crippen LogP contribution in [-0.2, 0) is 31.5 Å². The van der Waals surface area contributed by atoms with Gasteiger partial charge in [-0.3, -0.25) is 4.79 Å². The second kappa shape index (κ2) is 11.1. The Balaban J connectivity index is 1.88. The molecule has 0 bridgehead atoms. The Kier molecular flexibility index (Phi) is 8.59. The third kappa shape index (κ3) is 5.54. The smallest absolute Gasteiger partial charge is 0.383 e. The minimum absolute atomic E-state index is 0.0727. The summed E-state index contributed by atoms with van der Waals surface area (Å²) in [5, 5.41) is 11.6. The van der Waals surface area contributed by atoms with Crippen molar-refractivity contribution in [2.45, 2.75) is 84.5 Å². The molecule has 1 amide bonds. The zero-order valence-electron chi connectivity index (χ0n) is 22.3. The molecule has 17 heteroatoms. The van der Waals surface area contributed by atoms with Gasteiger partial charge in [-0.15, -0.1) is 0 Å². The van der Waals surface area contributed by atoms with Crippen LogP contribution in [-0.4, -0.2) is 50.1 Å². The van der Waals surface area contributed by atoms with Gasteiger partial charge in [-0.2, -0.15) is 39.5 Å². The molecular formula is C27H24F11NO4S. The number of carbonyl (C=O) groups excluding carboxylic acids is 1. The molecule has 0 unspecified atom stereocenters. The van der Waals surface area contributed by atoms with Gasteiger partial charge >= 0.3 is 24.2 Å². The number of hydrogen-bond acceptors (Lipinski definition) is 4. The van der Waals surface area contributed by atoms with Crippen molar-refractivity contribution in [3.8, 4) is 0 Å². The molecule has 244 valence electrons. The average Bonchev–Trinajstić information content (AvgIpc) is 3.16. The number of nitrogens with one attached hydrogen (secondary N) is 1. The van der Waals surface area contributed by atoms with E-state index in [-0.39, 0.29) is 42.9 Å². The van der Waals surface area contributed by atoms with Crippen molar-refractivity contribution in [3.05, 3.63) is 65.0 Å². The minimum Gasteiger partial charge on any atom is -0.383 e. The summed E-state index contributed by atoms with van der Waals surface area (Å²) in [6, 6.07) is 3.39. The summed E-state index contributed by atoms with van der Waals surface area (Å²) in [6.45, 7) is 0. The highest BCUT2D eigenvalue weighted by molar-refractivity contribution is 7.92. The van der Waals surface area contributed by atoms with Crippen LogP contribution in [0, 0.1) is 11.7 Å². The minimum atomic E-state index is -6.44. The van der Waals surface area contributed by atoms with E-state index in [9.17, 15) is 66.6 Å². The van der Waals surface area contributed by atoms with Crippen LogP contribution in [0.4, 0.5) is 48.3 Å². The van der Waals surface area contributed by atoms with Crippen LogP contribution >= 0.6 is 0 Å². The quantitative estimate of drug-likeness (QED) is 0.279. The number of carbonyl (C=O) groups is 1. The number of sulfone groups is 1. The number of rotatable bonds is 6. The van der Waals surface area contributed by atoms with Gasteiger partial charge in [0.05, 0.1) is 11.3 Å². The molecule has 0 saturated heterocycles. The van der Waals surface area contributed by atoms with Crippen molar-refractivity contribution >= 4 is 15.7 Å². The summed E-state index contributed by atoms with van der Waals surface area (Å²) in [4.78, 5) is 12.0. The SMILES string of the molecule is O=C(C[C@@H](O)C(F)(F)F)N[C@@H]1CC[C@@]2(S(=O)(=O)c3ccc(F)cc3)c3ccc(C(F)(C(F)(F)F)C(F)(F)F)cc3CCC[C@@H]12.